The highest BCUT2D eigenvalue weighted by molar-refractivity contribution is 7.89. The van der Waals surface area contributed by atoms with Crippen molar-refractivity contribution >= 4 is 32.4 Å². The Kier molecular flexibility index (Phi) is 7.49. The zero-order valence-electron chi connectivity index (χ0n) is 14.7. The first-order valence-electron chi connectivity index (χ1n) is 8.29. The molecule has 1 amide bonds. The summed E-state index contributed by atoms with van der Waals surface area (Å²) >= 11 is 1.32. The number of rotatable bonds is 10. The molecule has 8 nitrogen and oxygen atoms in total. The molecule has 0 saturated heterocycles. The molecule has 1 heterocycles. The molecule has 2 aromatic rings. The van der Waals surface area contributed by atoms with Gasteiger partial charge in [-0.25, -0.2) is 13.1 Å². The van der Waals surface area contributed by atoms with Crippen molar-refractivity contribution < 1.29 is 17.9 Å². The topological polar surface area (TPSA) is 110 Å². The highest BCUT2D eigenvalue weighted by Crippen LogP contribution is 2.17. The predicted molar refractivity (Wildman–Crippen MR) is 100.0 cm³/mol. The van der Waals surface area contributed by atoms with E-state index >= 15 is 0 Å². The molecule has 1 aromatic carbocycles. The van der Waals surface area contributed by atoms with Crippen LogP contribution in [0.15, 0.2) is 29.2 Å². The van der Waals surface area contributed by atoms with Gasteiger partial charge >= 0.3 is 0 Å². The van der Waals surface area contributed by atoms with E-state index in [1.54, 1.807) is 12.1 Å². The van der Waals surface area contributed by atoms with E-state index in [-0.39, 0.29) is 23.8 Å². The van der Waals surface area contributed by atoms with Gasteiger partial charge in [-0.1, -0.05) is 18.3 Å². The fourth-order valence-corrected chi connectivity index (χ4v) is 3.95. The second-order valence-electron chi connectivity index (χ2n) is 5.35. The second kappa shape index (κ2) is 9.60. The number of ether oxygens (including phenoxy) is 1. The maximum absolute atomic E-state index is 12.2. The second-order valence-corrected chi connectivity index (χ2v) is 8.18. The Labute approximate surface area is 157 Å². The Bertz CT molecular complexity index is 819. The van der Waals surface area contributed by atoms with Crippen LogP contribution in [0.3, 0.4) is 0 Å². The Morgan fingerprint density at radius 2 is 1.92 bits per heavy atom. The van der Waals surface area contributed by atoms with Gasteiger partial charge in [0.2, 0.25) is 21.1 Å². The molecule has 0 bridgehead atoms. The average molecular weight is 399 g/mol. The summed E-state index contributed by atoms with van der Waals surface area (Å²) in [5, 5.41) is 11.8. The van der Waals surface area contributed by atoms with Crippen molar-refractivity contribution in [1.29, 1.82) is 0 Å². The van der Waals surface area contributed by atoms with Crippen LogP contribution in [0.2, 0.25) is 0 Å². The number of hydrogen-bond donors (Lipinski definition) is 2. The van der Waals surface area contributed by atoms with Crippen molar-refractivity contribution in [3.05, 3.63) is 29.3 Å². The van der Waals surface area contributed by atoms with Crippen LogP contribution < -0.4 is 14.8 Å². The molecule has 2 rings (SSSR count). The summed E-state index contributed by atoms with van der Waals surface area (Å²) in [4.78, 5) is 12.0. The molecule has 0 radical (unpaired) electrons. The minimum Gasteiger partial charge on any atom is -0.494 e. The van der Waals surface area contributed by atoms with Gasteiger partial charge in [0.05, 0.1) is 11.5 Å². The number of carbonyl (C=O) groups excluding carboxylic acids is 1. The number of amides is 1. The van der Waals surface area contributed by atoms with E-state index in [9.17, 15) is 13.2 Å². The summed E-state index contributed by atoms with van der Waals surface area (Å²) in [5.74, 6) is 0.281. The third kappa shape index (κ3) is 6.04. The van der Waals surface area contributed by atoms with Crippen molar-refractivity contribution in [2.45, 2.75) is 38.0 Å². The van der Waals surface area contributed by atoms with E-state index in [4.69, 9.17) is 4.74 Å². The number of benzene rings is 1. The van der Waals surface area contributed by atoms with Gasteiger partial charge in [0.15, 0.2) is 0 Å². The first-order valence-corrected chi connectivity index (χ1v) is 10.6. The molecule has 0 fully saturated rings. The fourth-order valence-electron chi connectivity index (χ4n) is 2.06. The van der Waals surface area contributed by atoms with Gasteiger partial charge in [0.25, 0.3) is 0 Å². The Hall–Kier alpha value is -2.04. The molecule has 2 N–H and O–H groups in total. The Balaban J connectivity index is 1.82. The molecule has 0 aliphatic carbocycles. The molecule has 0 unspecified atom stereocenters. The maximum Gasteiger partial charge on any atom is 0.240 e. The molecule has 0 aliphatic rings. The first-order chi connectivity index (χ1) is 12.4. The lowest BCUT2D eigenvalue weighted by atomic mass is 10.3. The van der Waals surface area contributed by atoms with Crippen LogP contribution in [0, 0.1) is 0 Å². The van der Waals surface area contributed by atoms with Crippen LogP contribution in [0.1, 0.15) is 31.7 Å². The van der Waals surface area contributed by atoms with Gasteiger partial charge in [0, 0.05) is 19.4 Å². The minimum atomic E-state index is -3.67. The number of nitrogens with zero attached hydrogens (tertiary/aromatic N) is 2. The van der Waals surface area contributed by atoms with Crippen LogP contribution in [0.25, 0.3) is 0 Å². The minimum absolute atomic E-state index is 0.00104. The number of hydrogen-bond acceptors (Lipinski definition) is 7. The van der Waals surface area contributed by atoms with E-state index in [0.29, 0.717) is 17.5 Å². The van der Waals surface area contributed by atoms with Crippen molar-refractivity contribution in [2.75, 3.05) is 18.5 Å². The van der Waals surface area contributed by atoms with Crippen molar-refractivity contribution in [2.24, 2.45) is 0 Å². The number of aromatic nitrogens is 2. The molecule has 1 aromatic heterocycles. The molecule has 0 atom stereocenters. The van der Waals surface area contributed by atoms with Gasteiger partial charge in [-0.15, -0.1) is 10.2 Å². The van der Waals surface area contributed by atoms with Crippen molar-refractivity contribution in [1.82, 2.24) is 14.9 Å². The van der Waals surface area contributed by atoms with Gasteiger partial charge in [-0.2, -0.15) is 0 Å². The van der Waals surface area contributed by atoms with Crippen LogP contribution >= 0.6 is 11.3 Å². The maximum atomic E-state index is 12.2. The summed E-state index contributed by atoms with van der Waals surface area (Å²) < 4.78 is 32.1. The lowest BCUT2D eigenvalue weighted by Gasteiger charge is -2.08. The van der Waals surface area contributed by atoms with Crippen LogP contribution in [-0.2, 0) is 21.2 Å². The molecule has 0 saturated carbocycles. The van der Waals surface area contributed by atoms with E-state index in [1.165, 1.54) is 23.5 Å². The SMILES string of the molecule is CCCc1nnc(NC(=O)CCNS(=O)(=O)c2ccc(OCC)cc2)s1. The molecular formula is C16H22N4O4S2. The summed E-state index contributed by atoms with van der Waals surface area (Å²) in [7, 11) is -3.67. The standard InChI is InChI=1S/C16H22N4O4S2/c1-3-5-15-19-20-16(25-15)18-14(21)10-11-17-26(22,23)13-8-6-12(7-9-13)24-4-2/h6-9,17H,3-5,10-11H2,1-2H3,(H,18,20,21). The molecule has 0 aliphatic heterocycles. The first kappa shape index (κ1) is 20.3. The molecule has 142 valence electrons. The number of nitrogens with one attached hydrogen (secondary N) is 2. The third-order valence-corrected chi connectivity index (χ3v) is 5.64. The van der Waals surface area contributed by atoms with Crippen molar-refractivity contribution in [3.8, 4) is 5.75 Å². The summed E-state index contributed by atoms with van der Waals surface area (Å²) in [6.07, 6.45) is 1.77. The predicted octanol–water partition coefficient (Wildman–Crippen LogP) is 2.20. The van der Waals surface area contributed by atoms with E-state index in [2.05, 4.69) is 20.2 Å². The van der Waals surface area contributed by atoms with Gasteiger partial charge in [-0.3, -0.25) is 4.79 Å². The van der Waals surface area contributed by atoms with Crippen LogP contribution in [0.5, 0.6) is 5.75 Å². The highest BCUT2D eigenvalue weighted by atomic mass is 32.2. The number of aryl methyl sites for hydroxylation is 1. The zero-order valence-corrected chi connectivity index (χ0v) is 16.3. The lowest BCUT2D eigenvalue weighted by molar-refractivity contribution is -0.116. The summed E-state index contributed by atoms with van der Waals surface area (Å²) in [6.45, 7) is 4.38. The number of carbonyl (C=O) groups is 1. The van der Waals surface area contributed by atoms with Gasteiger partial charge < -0.3 is 10.1 Å². The van der Waals surface area contributed by atoms with Gasteiger partial charge in [0.1, 0.15) is 10.8 Å². The monoisotopic (exact) mass is 398 g/mol. The summed E-state index contributed by atoms with van der Waals surface area (Å²) in [5.41, 5.74) is 0. The van der Waals surface area contributed by atoms with Crippen LogP contribution in [0.4, 0.5) is 5.13 Å². The van der Waals surface area contributed by atoms with Gasteiger partial charge in [-0.05, 0) is 37.6 Å². The normalized spacial score (nSPS) is 11.3. The summed E-state index contributed by atoms with van der Waals surface area (Å²) in [6, 6.07) is 6.11. The van der Waals surface area contributed by atoms with E-state index < -0.39 is 10.0 Å². The lowest BCUT2D eigenvalue weighted by Crippen LogP contribution is -2.27. The Morgan fingerprint density at radius 3 is 2.58 bits per heavy atom. The molecule has 26 heavy (non-hydrogen) atoms. The molecular weight excluding hydrogens is 376 g/mol. The molecule has 0 spiro atoms. The quantitative estimate of drug-likeness (QED) is 0.635. The highest BCUT2D eigenvalue weighted by Gasteiger charge is 2.15. The van der Waals surface area contributed by atoms with Crippen molar-refractivity contribution in [3.63, 3.8) is 0 Å². The van der Waals surface area contributed by atoms with E-state index in [0.717, 1.165) is 17.8 Å². The third-order valence-electron chi connectivity index (χ3n) is 3.27. The largest absolute Gasteiger partial charge is 0.494 e. The fraction of sp³-hybridized carbons (Fsp3) is 0.438. The molecule has 10 heteroatoms. The van der Waals surface area contributed by atoms with Crippen LogP contribution in [-0.4, -0.2) is 37.7 Å². The Morgan fingerprint density at radius 1 is 1.19 bits per heavy atom. The zero-order chi connectivity index (χ0) is 19.0. The smallest absolute Gasteiger partial charge is 0.240 e. The number of anilines is 1. The average Bonchev–Trinajstić information content (AvgIpc) is 3.03. The van der Waals surface area contributed by atoms with E-state index in [1.807, 2.05) is 13.8 Å². The number of sulfonamides is 1.